The Balaban J connectivity index is 1.80. The van der Waals surface area contributed by atoms with Crippen LogP contribution in [-0.4, -0.2) is 32.8 Å². The number of aryl methyl sites for hydroxylation is 1. The van der Waals surface area contributed by atoms with Crippen LogP contribution in [0.15, 0.2) is 36.9 Å². The van der Waals surface area contributed by atoms with Gasteiger partial charge in [-0.1, -0.05) is 35.6 Å². The number of carbonyl (C=O) groups is 1. The van der Waals surface area contributed by atoms with Crippen molar-refractivity contribution >= 4 is 34.6 Å². The van der Waals surface area contributed by atoms with E-state index >= 15 is 0 Å². The highest BCUT2D eigenvalue weighted by Gasteiger charge is 2.17. The van der Waals surface area contributed by atoms with E-state index in [1.807, 2.05) is 35.8 Å². The molecule has 140 valence electrons. The summed E-state index contributed by atoms with van der Waals surface area (Å²) < 4.78 is 7.64. The van der Waals surface area contributed by atoms with E-state index in [0.717, 1.165) is 16.1 Å². The second-order valence-electron chi connectivity index (χ2n) is 5.72. The van der Waals surface area contributed by atoms with Gasteiger partial charge in [0, 0.05) is 12.1 Å². The Bertz CT molecular complexity index is 1030. The molecule has 0 radical (unpaired) electrons. The molecular weight excluding hydrogens is 382 g/mol. The lowest BCUT2D eigenvalue weighted by atomic mass is 10.1. The third kappa shape index (κ3) is 4.15. The number of H-pyrrole nitrogens is 1. The number of ether oxygens (including phenoxy) is 1. The van der Waals surface area contributed by atoms with E-state index in [2.05, 4.69) is 27.1 Å². The summed E-state index contributed by atoms with van der Waals surface area (Å²) in [7, 11) is 1.59. The Morgan fingerprint density at radius 2 is 2.26 bits per heavy atom. The quantitative estimate of drug-likeness (QED) is 0.465. The summed E-state index contributed by atoms with van der Waals surface area (Å²) >= 11 is 6.61. The molecule has 0 spiro atoms. The van der Waals surface area contributed by atoms with E-state index in [-0.39, 0.29) is 12.3 Å². The number of hydrogen-bond donors (Lipinski definition) is 2. The summed E-state index contributed by atoms with van der Waals surface area (Å²) in [5.74, 6) is 1.20. The lowest BCUT2D eigenvalue weighted by molar-refractivity contribution is -0.115. The Hall–Kier alpha value is -2.78. The molecule has 0 saturated heterocycles. The summed E-state index contributed by atoms with van der Waals surface area (Å²) in [6.07, 6.45) is 1.95. The minimum Gasteiger partial charge on any atom is -0.496 e. The minimum atomic E-state index is -0.162. The molecule has 3 rings (SSSR count). The van der Waals surface area contributed by atoms with Gasteiger partial charge in [-0.05, 0) is 25.2 Å². The van der Waals surface area contributed by atoms with Gasteiger partial charge in [0.1, 0.15) is 5.75 Å². The van der Waals surface area contributed by atoms with Gasteiger partial charge in [-0.3, -0.25) is 14.5 Å². The highest BCUT2D eigenvalue weighted by molar-refractivity contribution is 7.71. The van der Waals surface area contributed by atoms with E-state index in [9.17, 15) is 4.79 Å². The van der Waals surface area contributed by atoms with Gasteiger partial charge >= 0.3 is 0 Å². The van der Waals surface area contributed by atoms with Gasteiger partial charge in [-0.15, -0.1) is 6.58 Å². The number of hydrogen-bond acceptors (Lipinski definition) is 6. The topological polar surface area (TPSA) is 84.8 Å². The SMILES string of the molecule is C=CCn1c(-c2sc(NC(=O)Cc3ccccc3OC)nc2C)n[nH]c1=S. The number of anilines is 1. The predicted molar refractivity (Wildman–Crippen MR) is 109 cm³/mol. The van der Waals surface area contributed by atoms with Crippen molar-refractivity contribution in [3.63, 3.8) is 0 Å². The first-order valence-electron chi connectivity index (χ1n) is 8.19. The van der Waals surface area contributed by atoms with E-state index in [1.165, 1.54) is 11.3 Å². The van der Waals surface area contributed by atoms with Gasteiger partial charge in [0.25, 0.3) is 0 Å². The molecule has 1 amide bonds. The number of carbonyl (C=O) groups excluding carboxylic acids is 1. The van der Waals surface area contributed by atoms with Crippen molar-refractivity contribution in [1.82, 2.24) is 19.7 Å². The molecule has 0 aliphatic heterocycles. The van der Waals surface area contributed by atoms with Crippen LogP contribution in [0.1, 0.15) is 11.3 Å². The lowest BCUT2D eigenvalue weighted by Crippen LogP contribution is -2.14. The number of aromatic nitrogens is 4. The fourth-order valence-corrected chi connectivity index (χ4v) is 3.82. The first-order valence-corrected chi connectivity index (χ1v) is 9.41. The molecule has 2 N–H and O–H groups in total. The van der Waals surface area contributed by atoms with Crippen molar-refractivity contribution < 1.29 is 9.53 Å². The third-order valence-corrected chi connectivity index (χ3v) is 5.24. The molecule has 9 heteroatoms. The molecule has 0 aliphatic rings. The number of amides is 1. The molecule has 1 aromatic carbocycles. The molecule has 27 heavy (non-hydrogen) atoms. The van der Waals surface area contributed by atoms with Crippen molar-refractivity contribution in [2.24, 2.45) is 0 Å². The molecule has 7 nitrogen and oxygen atoms in total. The second kappa shape index (κ2) is 8.28. The number of aromatic amines is 1. The van der Waals surface area contributed by atoms with Crippen molar-refractivity contribution in [3.05, 3.63) is 52.9 Å². The van der Waals surface area contributed by atoms with Crippen molar-refractivity contribution in [3.8, 4) is 16.5 Å². The van der Waals surface area contributed by atoms with E-state index < -0.39 is 0 Å². The maximum absolute atomic E-state index is 12.4. The zero-order valence-electron chi connectivity index (χ0n) is 15.0. The molecule has 2 heterocycles. The van der Waals surface area contributed by atoms with Crippen LogP contribution in [0, 0.1) is 11.7 Å². The summed E-state index contributed by atoms with van der Waals surface area (Å²) in [4.78, 5) is 17.7. The van der Waals surface area contributed by atoms with Gasteiger partial charge in [0.05, 0.1) is 24.1 Å². The maximum atomic E-state index is 12.4. The molecular formula is C18H19N5O2S2. The van der Waals surface area contributed by atoms with Gasteiger partial charge in [0.2, 0.25) is 5.91 Å². The molecule has 0 saturated carbocycles. The number of nitrogens with one attached hydrogen (secondary N) is 2. The maximum Gasteiger partial charge on any atom is 0.230 e. The number of benzene rings is 1. The normalized spacial score (nSPS) is 10.6. The van der Waals surface area contributed by atoms with Gasteiger partial charge in [-0.25, -0.2) is 4.98 Å². The third-order valence-electron chi connectivity index (χ3n) is 3.86. The zero-order chi connectivity index (χ0) is 19.4. The fourth-order valence-electron chi connectivity index (χ4n) is 2.63. The molecule has 0 atom stereocenters. The van der Waals surface area contributed by atoms with Crippen LogP contribution >= 0.6 is 23.6 Å². The number of thiazole rings is 1. The van der Waals surface area contributed by atoms with Crippen molar-refractivity contribution in [1.29, 1.82) is 0 Å². The minimum absolute atomic E-state index is 0.162. The van der Waals surface area contributed by atoms with Crippen LogP contribution < -0.4 is 10.1 Å². The number of methoxy groups -OCH3 is 1. The van der Waals surface area contributed by atoms with Crippen LogP contribution in [0.25, 0.3) is 10.7 Å². The van der Waals surface area contributed by atoms with Gasteiger partial charge in [0.15, 0.2) is 15.7 Å². The van der Waals surface area contributed by atoms with Gasteiger partial charge in [-0.2, -0.15) is 5.10 Å². The standard InChI is InChI=1S/C18H19N5O2S2/c1-4-9-23-16(21-22-18(23)26)15-11(2)19-17(27-15)20-14(24)10-12-7-5-6-8-13(12)25-3/h4-8H,1,9-10H2,2-3H3,(H,22,26)(H,19,20,24). The highest BCUT2D eigenvalue weighted by Crippen LogP contribution is 2.32. The van der Waals surface area contributed by atoms with E-state index in [0.29, 0.717) is 28.0 Å². The first kappa shape index (κ1) is 19.0. The summed E-state index contributed by atoms with van der Waals surface area (Å²) in [6.45, 7) is 6.16. The van der Waals surface area contributed by atoms with Crippen molar-refractivity contribution in [2.75, 3.05) is 12.4 Å². The summed E-state index contributed by atoms with van der Waals surface area (Å²) in [5.41, 5.74) is 1.59. The second-order valence-corrected chi connectivity index (χ2v) is 7.11. The lowest BCUT2D eigenvalue weighted by Gasteiger charge is -2.07. The average Bonchev–Trinajstić information content (AvgIpc) is 3.18. The van der Waals surface area contributed by atoms with E-state index in [1.54, 1.807) is 13.2 Å². The molecule has 2 aromatic heterocycles. The monoisotopic (exact) mass is 401 g/mol. The first-order chi connectivity index (χ1) is 13.0. The molecule has 0 fully saturated rings. The number of allylic oxidation sites excluding steroid dienone is 1. The number of para-hydroxylation sites is 1. The Labute approximate surface area is 165 Å². The highest BCUT2D eigenvalue weighted by atomic mass is 32.1. The van der Waals surface area contributed by atoms with Gasteiger partial charge < -0.3 is 10.1 Å². The summed E-state index contributed by atoms with van der Waals surface area (Å²) in [6, 6.07) is 7.44. The largest absolute Gasteiger partial charge is 0.496 e. The Morgan fingerprint density at radius 3 is 3.00 bits per heavy atom. The number of rotatable bonds is 7. The van der Waals surface area contributed by atoms with Crippen LogP contribution in [-0.2, 0) is 17.8 Å². The smallest absolute Gasteiger partial charge is 0.230 e. The fraction of sp³-hybridized carbons (Fsp3) is 0.222. The number of nitrogens with zero attached hydrogens (tertiary/aromatic N) is 3. The summed E-state index contributed by atoms with van der Waals surface area (Å²) in [5, 5.41) is 10.4. The molecule has 3 aromatic rings. The van der Waals surface area contributed by atoms with Crippen LogP contribution in [0.4, 0.5) is 5.13 Å². The Kier molecular flexibility index (Phi) is 5.82. The van der Waals surface area contributed by atoms with Crippen LogP contribution in [0.2, 0.25) is 0 Å². The van der Waals surface area contributed by atoms with Crippen LogP contribution in [0.5, 0.6) is 5.75 Å². The van der Waals surface area contributed by atoms with E-state index in [4.69, 9.17) is 17.0 Å². The Morgan fingerprint density at radius 1 is 1.48 bits per heavy atom. The molecule has 0 unspecified atom stereocenters. The van der Waals surface area contributed by atoms with Crippen molar-refractivity contribution in [2.45, 2.75) is 19.9 Å². The zero-order valence-corrected chi connectivity index (χ0v) is 16.6. The molecule has 0 aliphatic carbocycles. The molecule has 0 bridgehead atoms. The van der Waals surface area contributed by atoms with Crippen LogP contribution in [0.3, 0.4) is 0 Å². The average molecular weight is 402 g/mol. The predicted octanol–water partition coefficient (Wildman–Crippen LogP) is 3.75.